The number of esters is 1. The molecule has 0 heterocycles. The van der Waals surface area contributed by atoms with E-state index in [1.54, 1.807) is 27.7 Å². The molecule has 0 radical (unpaired) electrons. The second-order valence-electron chi connectivity index (χ2n) is 10.9. The van der Waals surface area contributed by atoms with Crippen LogP contribution >= 0.6 is 0 Å². The molecule has 240 valence electrons. The summed E-state index contributed by atoms with van der Waals surface area (Å²) in [7, 11) is 0. The molecule has 1 unspecified atom stereocenters. The molecule has 1 aliphatic rings. The first-order valence-corrected chi connectivity index (χ1v) is 14.3. The molecule has 1 aliphatic carbocycles. The van der Waals surface area contributed by atoms with Crippen molar-refractivity contribution in [1.29, 1.82) is 0 Å². The maximum Gasteiger partial charge on any atom is 0.407 e. The van der Waals surface area contributed by atoms with Gasteiger partial charge in [-0.15, -0.1) is 0 Å². The van der Waals surface area contributed by atoms with E-state index in [1.807, 2.05) is 0 Å². The van der Waals surface area contributed by atoms with Crippen molar-refractivity contribution in [2.45, 2.75) is 59.8 Å². The lowest BCUT2D eigenvalue weighted by molar-refractivity contribution is -0.153. The summed E-state index contributed by atoms with van der Waals surface area (Å²) in [5, 5.41) is 2.85. The molecule has 11 nitrogen and oxygen atoms in total. The summed E-state index contributed by atoms with van der Waals surface area (Å²) in [6.07, 6.45) is 4.83. The molecule has 0 aromatic rings. The van der Waals surface area contributed by atoms with E-state index in [0.29, 0.717) is 35.3 Å². The van der Waals surface area contributed by atoms with Crippen molar-refractivity contribution >= 4 is 12.1 Å². The molecule has 42 heavy (non-hydrogen) atoms. The van der Waals surface area contributed by atoms with E-state index in [2.05, 4.69) is 31.6 Å². The summed E-state index contributed by atoms with van der Waals surface area (Å²) in [5.41, 5.74) is -0.601. The minimum atomic E-state index is -0.938. The minimum Gasteiger partial charge on any atom is -0.473 e. The van der Waals surface area contributed by atoms with Crippen molar-refractivity contribution in [3.8, 4) is 0 Å². The monoisotopic (exact) mass is 597 g/mol. The van der Waals surface area contributed by atoms with Crippen LogP contribution < -0.4 is 5.32 Å². The molecule has 0 aromatic heterocycles. The molecule has 0 aliphatic heterocycles. The Hall–Kier alpha value is -3.02. The normalized spacial score (nSPS) is 14.3. The van der Waals surface area contributed by atoms with E-state index in [0.717, 1.165) is 25.7 Å². The second-order valence-corrected chi connectivity index (χ2v) is 10.9. The summed E-state index contributed by atoms with van der Waals surface area (Å²) >= 11 is 0. The molecule has 1 atom stereocenters. The van der Waals surface area contributed by atoms with Crippen molar-refractivity contribution in [2.24, 2.45) is 17.3 Å². The standard InChI is InChI=1S/C31H51NO10/c1-23(2)29(33)38-15-28(27-12-10-9-11-13-27)14-32-30(34)39-19-31(16-35-20-40-24(3)4,17-36-21-41-25(5)6)18-37-22-42-26(7)8/h27-28H,1,3,5,7,9-22H2,2,4,6,8H3,(H,32,34). The molecule has 0 saturated heterocycles. The molecule has 0 aromatic carbocycles. The third kappa shape index (κ3) is 17.1. The molecule has 1 rings (SSSR count). The van der Waals surface area contributed by atoms with Gasteiger partial charge in [0.05, 0.1) is 49.1 Å². The molecule has 1 N–H and O–H groups in total. The van der Waals surface area contributed by atoms with Crippen molar-refractivity contribution in [3.63, 3.8) is 0 Å². The topological polar surface area (TPSA) is 120 Å². The van der Waals surface area contributed by atoms with Crippen LogP contribution in [0.5, 0.6) is 0 Å². The van der Waals surface area contributed by atoms with Gasteiger partial charge >= 0.3 is 12.1 Å². The molecule has 1 amide bonds. The Morgan fingerprint density at radius 1 is 0.714 bits per heavy atom. The summed E-state index contributed by atoms with van der Waals surface area (Å²) in [5.74, 6) is 1.34. The fourth-order valence-corrected chi connectivity index (χ4v) is 4.21. The van der Waals surface area contributed by atoms with E-state index in [1.165, 1.54) is 6.42 Å². The van der Waals surface area contributed by atoms with Gasteiger partial charge in [-0.05, 0) is 46.5 Å². The van der Waals surface area contributed by atoms with Crippen LogP contribution in [0.15, 0.2) is 49.2 Å². The lowest BCUT2D eigenvalue weighted by Gasteiger charge is -2.33. The number of carbonyl (C=O) groups is 2. The van der Waals surface area contributed by atoms with Crippen LogP contribution in [0.25, 0.3) is 0 Å². The van der Waals surface area contributed by atoms with E-state index < -0.39 is 17.5 Å². The Morgan fingerprint density at radius 2 is 1.19 bits per heavy atom. The molecule has 11 heteroatoms. The zero-order valence-electron chi connectivity index (χ0n) is 26.0. The summed E-state index contributed by atoms with van der Waals surface area (Å²) in [6.45, 7) is 21.9. The Kier molecular flexibility index (Phi) is 18.3. The first-order chi connectivity index (χ1) is 19.9. The largest absolute Gasteiger partial charge is 0.473 e. The van der Waals surface area contributed by atoms with E-state index in [9.17, 15) is 9.59 Å². The average Bonchev–Trinajstić information content (AvgIpc) is 2.94. The summed E-state index contributed by atoms with van der Waals surface area (Å²) < 4.78 is 44.2. The number of ether oxygens (including phenoxy) is 8. The van der Waals surface area contributed by atoms with Crippen molar-refractivity contribution in [3.05, 3.63) is 49.2 Å². The van der Waals surface area contributed by atoms with E-state index in [-0.39, 0.29) is 59.3 Å². The maximum absolute atomic E-state index is 12.9. The molecule has 1 fully saturated rings. The van der Waals surface area contributed by atoms with Crippen LogP contribution in [0.1, 0.15) is 59.8 Å². The van der Waals surface area contributed by atoms with Gasteiger partial charge in [-0.3, -0.25) is 0 Å². The third-order valence-electron chi connectivity index (χ3n) is 6.50. The zero-order chi connectivity index (χ0) is 31.4. The zero-order valence-corrected chi connectivity index (χ0v) is 26.0. The van der Waals surface area contributed by atoms with Crippen LogP contribution in [0.3, 0.4) is 0 Å². The smallest absolute Gasteiger partial charge is 0.407 e. The number of hydrogen-bond acceptors (Lipinski definition) is 10. The number of alkyl carbamates (subject to hydrolysis) is 1. The van der Waals surface area contributed by atoms with Gasteiger partial charge in [0, 0.05) is 18.0 Å². The van der Waals surface area contributed by atoms with Crippen LogP contribution in [0.4, 0.5) is 4.79 Å². The Bertz CT molecular complexity index is 826. The SMILES string of the molecule is C=C(C)OCOCC(COCOC(=C)C)(COCOC(=C)C)COC(=O)NCC(COC(=O)C(=C)C)C1CCCCC1. The first-order valence-electron chi connectivity index (χ1n) is 14.3. The second kappa shape index (κ2) is 20.8. The van der Waals surface area contributed by atoms with Gasteiger partial charge < -0.3 is 43.2 Å². The van der Waals surface area contributed by atoms with Crippen LogP contribution in [-0.4, -0.2) is 72.0 Å². The minimum absolute atomic E-state index is 0.0428. The Morgan fingerprint density at radius 3 is 1.62 bits per heavy atom. The van der Waals surface area contributed by atoms with E-state index >= 15 is 0 Å². The summed E-state index contributed by atoms with van der Waals surface area (Å²) in [4.78, 5) is 24.9. The molecule has 0 spiro atoms. The van der Waals surface area contributed by atoms with Crippen LogP contribution in [-0.2, 0) is 42.7 Å². The van der Waals surface area contributed by atoms with Crippen LogP contribution in [0, 0.1) is 17.3 Å². The molecule has 1 saturated carbocycles. The highest BCUT2D eigenvalue weighted by Gasteiger charge is 2.35. The van der Waals surface area contributed by atoms with Gasteiger partial charge in [0.15, 0.2) is 20.4 Å². The van der Waals surface area contributed by atoms with Gasteiger partial charge in [0.2, 0.25) is 0 Å². The van der Waals surface area contributed by atoms with E-state index in [4.69, 9.17) is 37.9 Å². The van der Waals surface area contributed by atoms with Gasteiger partial charge in [-0.2, -0.15) is 0 Å². The molecular formula is C31H51NO10. The molecular weight excluding hydrogens is 546 g/mol. The van der Waals surface area contributed by atoms with Gasteiger partial charge in [0.25, 0.3) is 0 Å². The predicted molar refractivity (Wildman–Crippen MR) is 158 cm³/mol. The number of allylic oxidation sites excluding steroid dienone is 3. The Labute approximate surface area is 251 Å². The highest BCUT2D eigenvalue weighted by atomic mass is 16.7. The maximum atomic E-state index is 12.9. The number of amides is 1. The lowest BCUT2D eigenvalue weighted by Crippen LogP contribution is -2.44. The number of carbonyl (C=O) groups excluding carboxylic acids is 2. The number of hydrogen-bond donors (Lipinski definition) is 1. The highest BCUT2D eigenvalue weighted by Crippen LogP contribution is 2.30. The van der Waals surface area contributed by atoms with Gasteiger partial charge in [-0.1, -0.05) is 45.6 Å². The van der Waals surface area contributed by atoms with Crippen molar-refractivity contribution in [1.82, 2.24) is 5.32 Å². The quantitative estimate of drug-likeness (QED) is 0.0525. The number of rotatable bonds is 23. The third-order valence-corrected chi connectivity index (χ3v) is 6.50. The van der Waals surface area contributed by atoms with Gasteiger partial charge in [0.1, 0.15) is 6.61 Å². The van der Waals surface area contributed by atoms with Crippen LogP contribution in [0.2, 0.25) is 0 Å². The summed E-state index contributed by atoms with van der Waals surface area (Å²) in [6, 6.07) is 0. The molecule has 0 bridgehead atoms. The average molecular weight is 598 g/mol. The fourth-order valence-electron chi connectivity index (χ4n) is 4.21. The Balaban J connectivity index is 2.89. The predicted octanol–water partition coefficient (Wildman–Crippen LogP) is 5.59. The lowest BCUT2D eigenvalue weighted by atomic mass is 9.80. The van der Waals surface area contributed by atoms with Gasteiger partial charge in [-0.25, -0.2) is 9.59 Å². The highest BCUT2D eigenvalue weighted by molar-refractivity contribution is 5.86. The van der Waals surface area contributed by atoms with Crippen molar-refractivity contribution in [2.75, 3.05) is 60.0 Å². The van der Waals surface area contributed by atoms with Crippen molar-refractivity contribution < 1.29 is 47.5 Å². The number of nitrogens with one attached hydrogen (secondary N) is 1. The first kappa shape index (κ1) is 37.0. The fraction of sp³-hybridized carbons (Fsp3) is 0.677.